The number of carbonyl (C=O) groups excluding carboxylic acids is 3. The first-order valence-electron chi connectivity index (χ1n) is 8.60. The number of nitrogens with one attached hydrogen (secondary N) is 3. The molecule has 3 N–H and O–H groups in total. The van der Waals surface area contributed by atoms with Gasteiger partial charge in [0.05, 0.1) is 5.75 Å². The van der Waals surface area contributed by atoms with Crippen molar-refractivity contribution in [3.8, 4) is 0 Å². The molecular weight excluding hydrogens is 490 g/mol. The SMILES string of the molecule is CC(=O)Nc1cccc(NC(=O)CSc2nnc(NC(=O)c3cccc(Br)c3)s2)c1. The van der Waals surface area contributed by atoms with E-state index in [0.717, 1.165) is 4.47 Å². The summed E-state index contributed by atoms with van der Waals surface area (Å²) in [5, 5.41) is 16.4. The molecule has 0 saturated heterocycles. The van der Waals surface area contributed by atoms with Crippen molar-refractivity contribution < 1.29 is 14.4 Å². The Hall–Kier alpha value is -2.76. The molecule has 0 bridgehead atoms. The molecule has 3 rings (SSSR count). The summed E-state index contributed by atoms with van der Waals surface area (Å²) in [5.41, 5.74) is 1.67. The van der Waals surface area contributed by atoms with Crippen LogP contribution < -0.4 is 16.0 Å². The molecule has 0 aliphatic heterocycles. The van der Waals surface area contributed by atoms with Crippen molar-refractivity contribution in [1.82, 2.24) is 10.2 Å². The van der Waals surface area contributed by atoms with Crippen molar-refractivity contribution >= 4 is 73.3 Å². The first-order chi connectivity index (χ1) is 14.4. The highest BCUT2D eigenvalue weighted by atomic mass is 79.9. The minimum Gasteiger partial charge on any atom is -0.326 e. The second-order valence-corrected chi connectivity index (χ2v) is 9.05. The van der Waals surface area contributed by atoms with Crippen molar-refractivity contribution in [2.24, 2.45) is 0 Å². The number of thioether (sulfide) groups is 1. The van der Waals surface area contributed by atoms with Crippen LogP contribution in [0.2, 0.25) is 0 Å². The fourth-order valence-electron chi connectivity index (χ4n) is 2.32. The summed E-state index contributed by atoms with van der Waals surface area (Å²) in [6.07, 6.45) is 0. The molecule has 2 aromatic carbocycles. The lowest BCUT2D eigenvalue weighted by molar-refractivity contribution is -0.114. The number of benzene rings is 2. The molecule has 1 aromatic heterocycles. The second kappa shape index (κ2) is 10.3. The monoisotopic (exact) mass is 505 g/mol. The number of carbonyl (C=O) groups is 3. The minimum absolute atomic E-state index is 0.124. The average Bonchev–Trinajstić information content (AvgIpc) is 3.13. The maximum Gasteiger partial charge on any atom is 0.257 e. The van der Waals surface area contributed by atoms with Crippen molar-refractivity contribution in [3.05, 3.63) is 58.6 Å². The molecule has 30 heavy (non-hydrogen) atoms. The molecule has 0 saturated carbocycles. The number of anilines is 3. The van der Waals surface area contributed by atoms with Crippen LogP contribution >= 0.6 is 39.0 Å². The molecule has 8 nitrogen and oxygen atoms in total. The van der Waals surface area contributed by atoms with Crippen LogP contribution in [0.25, 0.3) is 0 Å². The third kappa shape index (κ3) is 6.65. The van der Waals surface area contributed by atoms with Crippen LogP contribution in [0.15, 0.2) is 57.3 Å². The molecule has 3 amide bonds. The lowest BCUT2D eigenvalue weighted by Crippen LogP contribution is -2.14. The van der Waals surface area contributed by atoms with E-state index in [-0.39, 0.29) is 23.5 Å². The number of aromatic nitrogens is 2. The van der Waals surface area contributed by atoms with E-state index < -0.39 is 0 Å². The highest BCUT2D eigenvalue weighted by Crippen LogP contribution is 2.26. The largest absolute Gasteiger partial charge is 0.326 e. The second-order valence-electron chi connectivity index (χ2n) is 5.94. The molecule has 0 aliphatic carbocycles. The van der Waals surface area contributed by atoms with Crippen molar-refractivity contribution in [1.29, 1.82) is 0 Å². The third-order valence-electron chi connectivity index (χ3n) is 3.51. The fourth-order valence-corrected chi connectivity index (χ4v) is 4.27. The summed E-state index contributed by atoms with van der Waals surface area (Å²) in [4.78, 5) is 35.6. The quantitative estimate of drug-likeness (QED) is 0.326. The van der Waals surface area contributed by atoms with Gasteiger partial charge in [0, 0.05) is 28.3 Å². The van der Waals surface area contributed by atoms with E-state index in [1.807, 2.05) is 6.07 Å². The van der Waals surface area contributed by atoms with Gasteiger partial charge in [-0.05, 0) is 36.4 Å². The maximum absolute atomic E-state index is 12.2. The summed E-state index contributed by atoms with van der Waals surface area (Å²) in [6.45, 7) is 1.42. The summed E-state index contributed by atoms with van der Waals surface area (Å²) >= 11 is 5.73. The van der Waals surface area contributed by atoms with Crippen molar-refractivity contribution in [2.45, 2.75) is 11.3 Å². The number of hydrogen-bond donors (Lipinski definition) is 3. The van der Waals surface area contributed by atoms with E-state index in [0.29, 0.717) is 26.4 Å². The Balaban J connectivity index is 1.51. The molecule has 0 atom stereocenters. The van der Waals surface area contributed by atoms with E-state index in [9.17, 15) is 14.4 Å². The predicted octanol–water partition coefficient (Wildman–Crippen LogP) is 4.24. The fraction of sp³-hybridized carbons (Fsp3) is 0.105. The van der Waals surface area contributed by atoms with Crippen LogP contribution in [-0.2, 0) is 9.59 Å². The zero-order chi connectivity index (χ0) is 21.5. The molecule has 0 unspecified atom stereocenters. The Kier molecular flexibility index (Phi) is 7.55. The number of nitrogens with zero attached hydrogens (tertiary/aromatic N) is 2. The predicted molar refractivity (Wildman–Crippen MR) is 122 cm³/mol. The van der Waals surface area contributed by atoms with E-state index >= 15 is 0 Å². The minimum atomic E-state index is -0.291. The van der Waals surface area contributed by atoms with Crippen LogP contribution in [0.5, 0.6) is 0 Å². The summed E-state index contributed by atoms with van der Waals surface area (Å²) in [6, 6.07) is 13.9. The zero-order valence-corrected chi connectivity index (χ0v) is 18.9. The average molecular weight is 506 g/mol. The Morgan fingerprint density at radius 2 is 1.73 bits per heavy atom. The van der Waals surface area contributed by atoms with Crippen molar-refractivity contribution in [2.75, 3.05) is 21.7 Å². The summed E-state index contributed by atoms with van der Waals surface area (Å²) in [5.74, 6) is -0.581. The normalized spacial score (nSPS) is 10.3. The first-order valence-corrected chi connectivity index (χ1v) is 11.2. The number of hydrogen-bond acceptors (Lipinski definition) is 7. The maximum atomic E-state index is 12.2. The van der Waals surface area contributed by atoms with Gasteiger partial charge < -0.3 is 10.6 Å². The summed E-state index contributed by atoms with van der Waals surface area (Å²) < 4.78 is 1.36. The Labute approximate surface area is 189 Å². The van der Waals surface area contributed by atoms with Gasteiger partial charge in [0.15, 0.2) is 4.34 Å². The number of rotatable bonds is 7. The van der Waals surface area contributed by atoms with E-state index in [4.69, 9.17) is 0 Å². The topological polar surface area (TPSA) is 113 Å². The van der Waals surface area contributed by atoms with E-state index in [1.54, 1.807) is 42.5 Å². The smallest absolute Gasteiger partial charge is 0.257 e. The highest BCUT2D eigenvalue weighted by Gasteiger charge is 2.12. The standard InChI is InChI=1S/C19H16BrN5O3S2/c1-11(26)21-14-6-3-7-15(9-14)22-16(27)10-29-19-25-24-18(30-19)23-17(28)12-4-2-5-13(20)8-12/h2-9H,10H2,1H3,(H,21,26)(H,22,27)(H,23,24,28). The first kappa shape index (κ1) is 21.9. The van der Waals surface area contributed by atoms with Gasteiger partial charge in [0.25, 0.3) is 5.91 Å². The van der Waals surface area contributed by atoms with Gasteiger partial charge in [0.2, 0.25) is 16.9 Å². The van der Waals surface area contributed by atoms with Gasteiger partial charge in [-0.15, -0.1) is 10.2 Å². The molecule has 11 heteroatoms. The molecule has 0 spiro atoms. The van der Waals surface area contributed by atoms with Crippen LogP contribution in [0.4, 0.5) is 16.5 Å². The molecule has 154 valence electrons. The van der Waals surface area contributed by atoms with Gasteiger partial charge in [-0.3, -0.25) is 19.7 Å². The van der Waals surface area contributed by atoms with Crippen molar-refractivity contribution in [3.63, 3.8) is 0 Å². The lowest BCUT2D eigenvalue weighted by atomic mass is 10.2. The Bertz CT molecular complexity index is 1090. The number of halogens is 1. The van der Waals surface area contributed by atoms with Crippen LogP contribution in [0.1, 0.15) is 17.3 Å². The van der Waals surface area contributed by atoms with Gasteiger partial charge in [0.1, 0.15) is 0 Å². The van der Waals surface area contributed by atoms with Gasteiger partial charge in [-0.2, -0.15) is 0 Å². The van der Waals surface area contributed by atoms with Crippen LogP contribution in [0.3, 0.4) is 0 Å². The van der Waals surface area contributed by atoms with E-state index in [1.165, 1.54) is 30.0 Å². The van der Waals surface area contributed by atoms with Gasteiger partial charge >= 0.3 is 0 Å². The molecule has 0 aliphatic rings. The third-order valence-corrected chi connectivity index (χ3v) is 5.97. The van der Waals surface area contributed by atoms with Gasteiger partial charge in [-0.25, -0.2) is 0 Å². The Morgan fingerprint density at radius 3 is 2.47 bits per heavy atom. The molecular formula is C19H16BrN5O3S2. The van der Waals surface area contributed by atoms with E-state index in [2.05, 4.69) is 42.1 Å². The Morgan fingerprint density at radius 1 is 1.00 bits per heavy atom. The van der Waals surface area contributed by atoms with Crippen LogP contribution in [0, 0.1) is 0 Å². The highest BCUT2D eigenvalue weighted by molar-refractivity contribution is 9.10. The van der Waals surface area contributed by atoms with Crippen LogP contribution in [-0.4, -0.2) is 33.7 Å². The molecule has 0 fully saturated rings. The van der Waals surface area contributed by atoms with Gasteiger partial charge in [-0.1, -0.05) is 51.2 Å². The summed E-state index contributed by atoms with van der Waals surface area (Å²) in [7, 11) is 0. The molecule has 3 aromatic rings. The lowest BCUT2D eigenvalue weighted by Gasteiger charge is -2.07. The zero-order valence-electron chi connectivity index (χ0n) is 15.6. The number of amides is 3. The molecule has 0 radical (unpaired) electrons. The molecule has 1 heterocycles.